The van der Waals surface area contributed by atoms with E-state index in [2.05, 4.69) is 4.98 Å². The molecule has 0 radical (unpaired) electrons. The van der Waals surface area contributed by atoms with Crippen LogP contribution in [-0.2, 0) is 19.1 Å². The highest BCUT2D eigenvalue weighted by Gasteiger charge is 2.14. The van der Waals surface area contributed by atoms with Crippen molar-refractivity contribution in [1.29, 1.82) is 0 Å². The number of rotatable bonds is 7. The highest BCUT2D eigenvalue weighted by molar-refractivity contribution is 7.13. The second kappa shape index (κ2) is 9.37. The van der Waals surface area contributed by atoms with E-state index in [1.54, 1.807) is 12.2 Å². The van der Waals surface area contributed by atoms with Crippen molar-refractivity contribution in [2.75, 3.05) is 6.61 Å². The van der Waals surface area contributed by atoms with Crippen molar-refractivity contribution >= 4 is 35.4 Å². The molecule has 1 rings (SSSR count). The predicted octanol–water partition coefficient (Wildman–Crippen LogP) is 4.16. The number of ether oxygens (including phenoxy) is 2. The zero-order valence-electron chi connectivity index (χ0n) is 14.9. The van der Waals surface area contributed by atoms with Crippen molar-refractivity contribution in [2.24, 2.45) is 0 Å². The van der Waals surface area contributed by atoms with E-state index in [1.165, 1.54) is 23.5 Å². The molecule has 5 nitrogen and oxygen atoms in total. The molecule has 0 unspecified atom stereocenters. The van der Waals surface area contributed by atoms with Gasteiger partial charge in [-0.05, 0) is 46.3 Å². The average Bonchev–Trinajstić information content (AvgIpc) is 2.82. The van der Waals surface area contributed by atoms with E-state index in [1.807, 2.05) is 34.6 Å². The van der Waals surface area contributed by atoms with Gasteiger partial charge in [0.05, 0.1) is 17.2 Å². The molecule has 6 heteroatoms. The van der Waals surface area contributed by atoms with Crippen LogP contribution in [0.1, 0.15) is 56.1 Å². The molecule has 24 heavy (non-hydrogen) atoms. The van der Waals surface area contributed by atoms with Gasteiger partial charge in [0.25, 0.3) is 0 Å². The van der Waals surface area contributed by atoms with Gasteiger partial charge in [-0.2, -0.15) is 0 Å². The SMILES string of the molecule is CCCCOC(=O)/C=C/c1sc(/C=C/C(=O)OC(C)(C)C)nc1C. The molecule has 0 saturated carbocycles. The Morgan fingerprint density at radius 3 is 2.46 bits per heavy atom. The number of nitrogens with zero attached hydrogens (tertiary/aromatic N) is 1. The van der Waals surface area contributed by atoms with Crippen LogP contribution in [0.5, 0.6) is 0 Å². The zero-order valence-corrected chi connectivity index (χ0v) is 15.7. The van der Waals surface area contributed by atoms with E-state index in [4.69, 9.17) is 9.47 Å². The molecule has 0 aliphatic heterocycles. The smallest absolute Gasteiger partial charge is 0.331 e. The number of carbonyl (C=O) groups is 2. The fourth-order valence-electron chi connectivity index (χ4n) is 1.64. The van der Waals surface area contributed by atoms with E-state index >= 15 is 0 Å². The van der Waals surface area contributed by atoms with Gasteiger partial charge >= 0.3 is 11.9 Å². The molecular formula is C18H25NO4S. The lowest BCUT2D eigenvalue weighted by atomic mass is 10.2. The number of hydrogen-bond donors (Lipinski definition) is 0. The third-order valence-corrected chi connectivity index (χ3v) is 3.82. The second-order valence-electron chi connectivity index (χ2n) is 6.22. The minimum absolute atomic E-state index is 0.359. The summed E-state index contributed by atoms with van der Waals surface area (Å²) >= 11 is 1.39. The summed E-state index contributed by atoms with van der Waals surface area (Å²) in [7, 11) is 0. The van der Waals surface area contributed by atoms with Crippen LogP contribution in [0, 0.1) is 6.92 Å². The van der Waals surface area contributed by atoms with E-state index in [0.29, 0.717) is 11.6 Å². The summed E-state index contributed by atoms with van der Waals surface area (Å²) in [5, 5.41) is 0.678. The van der Waals surface area contributed by atoms with Crippen LogP contribution in [0.2, 0.25) is 0 Å². The maximum atomic E-state index is 11.7. The first kappa shape index (κ1) is 20.1. The van der Waals surface area contributed by atoms with Crippen LogP contribution in [-0.4, -0.2) is 29.1 Å². The normalized spacial score (nSPS) is 12.0. The summed E-state index contributed by atoms with van der Waals surface area (Å²) in [6.45, 7) is 9.77. The second-order valence-corrected chi connectivity index (χ2v) is 7.29. The Kier molecular flexibility index (Phi) is 7.85. The molecule has 0 fully saturated rings. The van der Waals surface area contributed by atoms with Gasteiger partial charge in [-0.25, -0.2) is 14.6 Å². The van der Waals surface area contributed by atoms with Crippen LogP contribution in [0.15, 0.2) is 12.2 Å². The maximum absolute atomic E-state index is 11.7. The Hall–Kier alpha value is -1.95. The highest BCUT2D eigenvalue weighted by Crippen LogP contribution is 2.21. The van der Waals surface area contributed by atoms with E-state index in [9.17, 15) is 9.59 Å². The molecule has 0 aliphatic rings. The molecule has 0 amide bonds. The molecule has 1 aromatic rings. The minimum Gasteiger partial charge on any atom is -0.463 e. The molecular weight excluding hydrogens is 326 g/mol. The van der Waals surface area contributed by atoms with Gasteiger partial charge < -0.3 is 9.47 Å². The Bertz CT molecular complexity index is 623. The van der Waals surface area contributed by atoms with Crippen molar-refractivity contribution in [3.05, 3.63) is 27.7 Å². The predicted molar refractivity (Wildman–Crippen MR) is 96.6 cm³/mol. The van der Waals surface area contributed by atoms with Gasteiger partial charge in [0.2, 0.25) is 0 Å². The van der Waals surface area contributed by atoms with Crippen LogP contribution in [0.25, 0.3) is 12.2 Å². The largest absolute Gasteiger partial charge is 0.463 e. The quantitative estimate of drug-likeness (QED) is 0.419. The van der Waals surface area contributed by atoms with Crippen molar-refractivity contribution in [2.45, 2.75) is 53.1 Å². The third kappa shape index (κ3) is 8.06. The van der Waals surface area contributed by atoms with Crippen molar-refractivity contribution in [3.8, 4) is 0 Å². The third-order valence-electron chi connectivity index (χ3n) is 2.73. The number of carbonyl (C=O) groups excluding carboxylic acids is 2. The fraction of sp³-hybridized carbons (Fsp3) is 0.500. The van der Waals surface area contributed by atoms with Crippen molar-refractivity contribution in [1.82, 2.24) is 4.98 Å². The number of hydrogen-bond acceptors (Lipinski definition) is 6. The van der Waals surface area contributed by atoms with Gasteiger partial charge in [0.1, 0.15) is 10.6 Å². The first-order chi connectivity index (χ1) is 11.2. The monoisotopic (exact) mass is 351 g/mol. The van der Waals surface area contributed by atoms with Crippen LogP contribution >= 0.6 is 11.3 Å². The number of thiazole rings is 1. The summed E-state index contributed by atoms with van der Waals surface area (Å²) in [6, 6.07) is 0. The van der Waals surface area contributed by atoms with E-state index in [0.717, 1.165) is 23.4 Å². The highest BCUT2D eigenvalue weighted by atomic mass is 32.1. The lowest BCUT2D eigenvalue weighted by molar-refractivity contribution is -0.148. The van der Waals surface area contributed by atoms with Crippen LogP contribution < -0.4 is 0 Å². The van der Waals surface area contributed by atoms with Gasteiger partial charge in [0, 0.05) is 12.2 Å². The molecule has 1 heterocycles. The molecule has 0 atom stereocenters. The molecule has 0 saturated heterocycles. The van der Waals surface area contributed by atoms with E-state index in [-0.39, 0.29) is 5.97 Å². The van der Waals surface area contributed by atoms with Gasteiger partial charge in [-0.15, -0.1) is 11.3 Å². The number of aromatic nitrogens is 1. The molecule has 0 N–H and O–H groups in total. The summed E-state index contributed by atoms with van der Waals surface area (Å²) in [4.78, 5) is 28.4. The summed E-state index contributed by atoms with van der Waals surface area (Å²) in [5.41, 5.74) is 0.271. The standard InChI is InChI=1S/C18H25NO4S/c1-6-7-12-22-16(20)10-8-14-13(2)19-15(24-14)9-11-17(21)23-18(3,4)5/h8-11H,6-7,12H2,1-5H3/b10-8+,11-9+. The minimum atomic E-state index is -0.522. The number of esters is 2. The summed E-state index contributed by atoms with van der Waals surface area (Å²) in [6.07, 6.45) is 7.90. The first-order valence-corrected chi connectivity index (χ1v) is 8.76. The lowest BCUT2D eigenvalue weighted by Crippen LogP contribution is -2.22. The first-order valence-electron chi connectivity index (χ1n) is 7.94. The Morgan fingerprint density at radius 2 is 1.83 bits per heavy atom. The topological polar surface area (TPSA) is 65.5 Å². The number of aryl methyl sites for hydroxylation is 1. The molecule has 0 aliphatic carbocycles. The van der Waals surface area contributed by atoms with Gasteiger partial charge in [0.15, 0.2) is 0 Å². The molecule has 0 spiro atoms. The van der Waals surface area contributed by atoms with Crippen molar-refractivity contribution < 1.29 is 19.1 Å². The zero-order chi connectivity index (χ0) is 18.2. The van der Waals surface area contributed by atoms with E-state index < -0.39 is 11.6 Å². The summed E-state index contributed by atoms with van der Waals surface area (Å²) in [5.74, 6) is -0.769. The lowest BCUT2D eigenvalue weighted by Gasteiger charge is -2.17. The summed E-state index contributed by atoms with van der Waals surface area (Å²) < 4.78 is 10.3. The van der Waals surface area contributed by atoms with Gasteiger partial charge in [-0.1, -0.05) is 13.3 Å². The molecule has 0 aromatic carbocycles. The fourth-order valence-corrected chi connectivity index (χ4v) is 2.51. The maximum Gasteiger partial charge on any atom is 0.331 e. The Labute approximate surface area is 147 Å². The van der Waals surface area contributed by atoms with Crippen LogP contribution in [0.4, 0.5) is 0 Å². The molecule has 0 bridgehead atoms. The van der Waals surface area contributed by atoms with Crippen molar-refractivity contribution in [3.63, 3.8) is 0 Å². The average molecular weight is 351 g/mol. The molecule has 1 aromatic heterocycles. The van der Waals surface area contributed by atoms with Gasteiger partial charge in [-0.3, -0.25) is 0 Å². The molecule has 132 valence electrons. The Balaban J connectivity index is 2.65. The van der Waals surface area contributed by atoms with Crippen LogP contribution in [0.3, 0.4) is 0 Å². The Morgan fingerprint density at radius 1 is 1.17 bits per heavy atom. The number of unbranched alkanes of at least 4 members (excludes halogenated alkanes) is 1.